The Morgan fingerprint density at radius 1 is 1.21 bits per heavy atom. The van der Waals surface area contributed by atoms with Gasteiger partial charge in [-0.15, -0.1) is 0 Å². The third-order valence-electron chi connectivity index (χ3n) is 3.84. The monoisotopic (exact) mass is 372 g/mol. The van der Waals surface area contributed by atoms with Crippen molar-refractivity contribution in [3.8, 4) is 0 Å². The number of nitrogens with one attached hydrogen (secondary N) is 1. The van der Waals surface area contributed by atoms with Gasteiger partial charge in [-0.25, -0.2) is 0 Å². The second-order valence-corrected chi connectivity index (χ2v) is 7.07. The van der Waals surface area contributed by atoms with Gasteiger partial charge in [-0.3, -0.25) is 4.90 Å². The molecule has 0 radical (unpaired) electrons. The van der Waals surface area contributed by atoms with Crippen molar-refractivity contribution in [2.45, 2.75) is 32.7 Å². The Bertz CT molecular complexity index is 386. The molecule has 0 saturated carbocycles. The van der Waals surface area contributed by atoms with E-state index < -0.39 is 0 Å². The summed E-state index contributed by atoms with van der Waals surface area (Å²) in [7, 11) is 0. The van der Waals surface area contributed by atoms with Crippen molar-refractivity contribution in [1.29, 1.82) is 0 Å². The van der Waals surface area contributed by atoms with Crippen LogP contribution in [0.2, 0.25) is 0 Å². The average Bonchev–Trinajstić information content (AvgIpc) is 2.40. The van der Waals surface area contributed by atoms with E-state index in [0.717, 1.165) is 19.0 Å². The molecule has 106 valence electrons. The van der Waals surface area contributed by atoms with Gasteiger partial charge in [0.05, 0.1) is 0 Å². The molecule has 1 atom stereocenters. The van der Waals surface area contributed by atoms with E-state index in [1.165, 1.54) is 35.1 Å². The molecule has 0 bridgehead atoms. The minimum absolute atomic E-state index is 0.596. The molecular formula is C16H25IN2. The fourth-order valence-corrected chi connectivity index (χ4v) is 3.33. The number of hydrogen-bond acceptors (Lipinski definition) is 2. The number of nitrogens with zero attached hydrogens (tertiary/aromatic N) is 1. The molecular weight excluding hydrogens is 347 g/mol. The average molecular weight is 372 g/mol. The maximum atomic E-state index is 3.45. The molecule has 0 aromatic heterocycles. The Hall–Kier alpha value is -0.130. The smallest absolute Gasteiger partial charge is 0.0349 e. The van der Waals surface area contributed by atoms with E-state index in [1.54, 1.807) is 0 Å². The van der Waals surface area contributed by atoms with Crippen molar-refractivity contribution < 1.29 is 0 Å². The third kappa shape index (κ3) is 4.72. The second kappa shape index (κ2) is 7.60. The lowest BCUT2D eigenvalue weighted by Crippen LogP contribution is -2.45. The van der Waals surface area contributed by atoms with Crippen molar-refractivity contribution in [2.24, 2.45) is 5.92 Å². The minimum Gasteiger partial charge on any atom is -0.314 e. The molecule has 3 heteroatoms. The lowest BCUT2D eigenvalue weighted by Gasteiger charge is -2.35. The van der Waals surface area contributed by atoms with Gasteiger partial charge in [0.1, 0.15) is 0 Å². The van der Waals surface area contributed by atoms with Crippen LogP contribution in [0.3, 0.4) is 0 Å². The van der Waals surface area contributed by atoms with E-state index in [4.69, 9.17) is 0 Å². The van der Waals surface area contributed by atoms with Crippen LogP contribution in [0.4, 0.5) is 0 Å². The van der Waals surface area contributed by atoms with Crippen LogP contribution in [-0.4, -0.2) is 31.1 Å². The van der Waals surface area contributed by atoms with E-state index in [0.29, 0.717) is 6.04 Å². The van der Waals surface area contributed by atoms with Crippen molar-refractivity contribution in [3.05, 3.63) is 33.4 Å². The highest BCUT2D eigenvalue weighted by molar-refractivity contribution is 14.1. The Balaban J connectivity index is 2.12. The Kier molecular flexibility index (Phi) is 6.10. The van der Waals surface area contributed by atoms with Crippen LogP contribution in [0.25, 0.3) is 0 Å². The van der Waals surface area contributed by atoms with Crippen molar-refractivity contribution in [3.63, 3.8) is 0 Å². The fourth-order valence-electron chi connectivity index (χ4n) is 2.76. The largest absolute Gasteiger partial charge is 0.314 e. The van der Waals surface area contributed by atoms with Crippen molar-refractivity contribution in [1.82, 2.24) is 10.2 Å². The number of halogens is 1. The molecule has 0 unspecified atom stereocenters. The molecule has 0 aliphatic carbocycles. The van der Waals surface area contributed by atoms with Crippen LogP contribution in [0, 0.1) is 9.49 Å². The van der Waals surface area contributed by atoms with Gasteiger partial charge in [-0.2, -0.15) is 0 Å². The summed E-state index contributed by atoms with van der Waals surface area (Å²) < 4.78 is 1.35. The van der Waals surface area contributed by atoms with Crippen LogP contribution in [0.1, 0.15) is 38.3 Å². The molecule has 1 saturated heterocycles. The maximum absolute atomic E-state index is 3.45. The highest BCUT2D eigenvalue weighted by Crippen LogP contribution is 2.28. The standard InChI is InChI=1S/C16H25IN2/c1-13(2)6-7-16(19-10-8-18-9-11-19)14-4-3-5-15(17)12-14/h3-5,12-13,16,18H,6-11H2,1-2H3/t16-/m0/s1. The molecule has 1 fully saturated rings. The highest BCUT2D eigenvalue weighted by atomic mass is 127. The summed E-state index contributed by atoms with van der Waals surface area (Å²) in [4.78, 5) is 2.66. The van der Waals surface area contributed by atoms with Gasteiger partial charge in [-0.05, 0) is 59.0 Å². The molecule has 1 aromatic carbocycles. The summed E-state index contributed by atoms with van der Waals surface area (Å²) in [5.41, 5.74) is 1.49. The van der Waals surface area contributed by atoms with Gasteiger partial charge >= 0.3 is 0 Å². The Morgan fingerprint density at radius 3 is 2.58 bits per heavy atom. The van der Waals surface area contributed by atoms with E-state index in [1.807, 2.05) is 0 Å². The molecule has 2 rings (SSSR count). The highest BCUT2D eigenvalue weighted by Gasteiger charge is 2.22. The molecule has 1 aliphatic heterocycles. The summed E-state index contributed by atoms with van der Waals surface area (Å²) in [6, 6.07) is 9.63. The third-order valence-corrected chi connectivity index (χ3v) is 4.51. The van der Waals surface area contributed by atoms with Gasteiger partial charge in [0.2, 0.25) is 0 Å². The zero-order valence-corrected chi connectivity index (χ0v) is 14.2. The summed E-state index contributed by atoms with van der Waals surface area (Å²) in [6.07, 6.45) is 2.58. The SMILES string of the molecule is CC(C)CC[C@@H](c1cccc(I)c1)N1CCNCC1. The van der Waals surface area contributed by atoms with Crippen molar-refractivity contribution in [2.75, 3.05) is 26.2 Å². The molecule has 1 N–H and O–H groups in total. The van der Waals surface area contributed by atoms with Gasteiger partial charge < -0.3 is 5.32 Å². The predicted octanol–water partition coefficient (Wildman–Crippen LogP) is 3.67. The maximum Gasteiger partial charge on any atom is 0.0349 e. The number of hydrogen-bond donors (Lipinski definition) is 1. The molecule has 1 heterocycles. The molecule has 1 aromatic rings. The molecule has 0 amide bonds. The molecule has 2 nitrogen and oxygen atoms in total. The van der Waals surface area contributed by atoms with E-state index in [9.17, 15) is 0 Å². The summed E-state index contributed by atoms with van der Waals surface area (Å²) >= 11 is 2.42. The minimum atomic E-state index is 0.596. The predicted molar refractivity (Wildman–Crippen MR) is 90.4 cm³/mol. The van der Waals surface area contributed by atoms with Crippen LogP contribution in [0.5, 0.6) is 0 Å². The topological polar surface area (TPSA) is 15.3 Å². The van der Waals surface area contributed by atoms with Crippen LogP contribution < -0.4 is 5.32 Å². The van der Waals surface area contributed by atoms with Gasteiger partial charge in [0.25, 0.3) is 0 Å². The fraction of sp³-hybridized carbons (Fsp3) is 0.625. The van der Waals surface area contributed by atoms with Gasteiger partial charge in [-0.1, -0.05) is 26.0 Å². The molecule has 0 spiro atoms. The first-order valence-electron chi connectivity index (χ1n) is 7.37. The number of rotatable bonds is 5. The normalized spacial score (nSPS) is 18.7. The van der Waals surface area contributed by atoms with Gasteiger partial charge in [0.15, 0.2) is 0 Å². The first-order valence-corrected chi connectivity index (χ1v) is 8.45. The van der Waals surface area contributed by atoms with Crippen LogP contribution in [-0.2, 0) is 0 Å². The van der Waals surface area contributed by atoms with E-state index in [-0.39, 0.29) is 0 Å². The summed E-state index contributed by atoms with van der Waals surface area (Å²) in [6.45, 7) is 9.25. The molecule has 1 aliphatic rings. The lowest BCUT2D eigenvalue weighted by molar-refractivity contribution is 0.160. The number of benzene rings is 1. The summed E-state index contributed by atoms with van der Waals surface area (Å²) in [5, 5.41) is 3.45. The number of piperazine rings is 1. The van der Waals surface area contributed by atoms with Gasteiger partial charge in [0, 0.05) is 35.8 Å². The van der Waals surface area contributed by atoms with E-state index >= 15 is 0 Å². The van der Waals surface area contributed by atoms with Crippen LogP contribution >= 0.6 is 22.6 Å². The second-order valence-electron chi connectivity index (χ2n) is 5.83. The zero-order chi connectivity index (χ0) is 13.7. The first-order chi connectivity index (χ1) is 9.16. The molecule has 19 heavy (non-hydrogen) atoms. The lowest BCUT2D eigenvalue weighted by atomic mass is 9.96. The first kappa shape index (κ1) is 15.3. The Labute approximate surface area is 131 Å². The van der Waals surface area contributed by atoms with Crippen LogP contribution in [0.15, 0.2) is 24.3 Å². The Morgan fingerprint density at radius 2 is 1.95 bits per heavy atom. The summed E-state index contributed by atoms with van der Waals surface area (Å²) in [5.74, 6) is 0.785. The van der Waals surface area contributed by atoms with Crippen molar-refractivity contribution >= 4 is 22.6 Å². The zero-order valence-electron chi connectivity index (χ0n) is 12.0. The van der Waals surface area contributed by atoms with E-state index in [2.05, 4.69) is 70.9 Å². The quantitative estimate of drug-likeness (QED) is 0.794.